The summed E-state index contributed by atoms with van der Waals surface area (Å²) in [4.78, 5) is 13.2. The summed E-state index contributed by atoms with van der Waals surface area (Å²) in [6, 6.07) is 17.2. The molecule has 0 aliphatic heterocycles. The van der Waals surface area contributed by atoms with Crippen molar-refractivity contribution in [1.29, 1.82) is 0 Å². The van der Waals surface area contributed by atoms with E-state index in [9.17, 15) is 4.79 Å². The molecule has 3 nitrogen and oxygen atoms in total. The maximum absolute atomic E-state index is 12.2. The molecule has 4 heteroatoms. The second-order valence-corrected chi connectivity index (χ2v) is 6.00. The average Bonchev–Trinajstić information content (AvgIpc) is 2.50. The number of hydrogen-bond acceptors (Lipinski definition) is 3. The minimum atomic E-state index is -0.280. The lowest BCUT2D eigenvalue weighted by Gasteiger charge is -2.14. The molecule has 1 amide bonds. The Kier molecular flexibility index (Phi) is 5.84. The molecule has 0 aromatic heterocycles. The standard InChI is InChI=1S/C17H20N2OS/c1-2-21-16-11-7-6-10-15(16)19-17(20)12-14(18)13-8-4-3-5-9-13/h3-11,14H,2,12,18H2,1H3,(H,19,20). The monoisotopic (exact) mass is 300 g/mol. The molecule has 110 valence electrons. The fourth-order valence-electron chi connectivity index (χ4n) is 2.07. The number of thioether (sulfide) groups is 1. The van der Waals surface area contributed by atoms with Gasteiger partial charge in [0.1, 0.15) is 0 Å². The van der Waals surface area contributed by atoms with E-state index in [1.54, 1.807) is 11.8 Å². The maximum Gasteiger partial charge on any atom is 0.226 e. The quantitative estimate of drug-likeness (QED) is 0.797. The van der Waals surface area contributed by atoms with Gasteiger partial charge in [-0.3, -0.25) is 4.79 Å². The highest BCUT2D eigenvalue weighted by molar-refractivity contribution is 7.99. The highest BCUT2D eigenvalue weighted by atomic mass is 32.2. The van der Waals surface area contributed by atoms with Crippen LogP contribution in [0.3, 0.4) is 0 Å². The summed E-state index contributed by atoms with van der Waals surface area (Å²) in [6.45, 7) is 2.09. The first-order valence-electron chi connectivity index (χ1n) is 7.03. The number of nitrogens with one attached hydrogen (secondary N) is 1. The molecule has 2 rings (SSSR count). The molecule has 3 N–H and O–H groups in total. The first-order chi connectivity index (χ1) is 10.2. The lowest BCUT2D eigenvalue weighted by Crippen LogP contribution is -2.20. The molecule has 0 saturated carbocycles. The minimum absolute atomic E-state index is 0.0597. The Morgan fingerprint density at radius 1 is 1.14 bits per heavy atom. The van der Waals surface area contributed by atoms with E-state index in [2.05, 4.69) is 12.2 Å². The highest BCUT2D eigenvalue weighted by Crippen LogP contribution is 2.27. The van der Waals surface area contributed by atoms with Gasteiger partial charge in [0.2, 0.25) is 5.91 Å². The molecule has 0 heterocycles. The van der Waals surface area contributed by atoms with E-state index >= 15 is 0 Å². The summed E-state index contributed by atoms with van der Waals surface area (Å²) < 4.78 is 0. The maximum atomic E-state index is 12.2. The average molecular weight is 300 g/mol. The summed E-state index contributed by atoms with van der Waals surface area (Å²) in [5, 5.41) is 2.96. The molecule has 0 bridgehead atoms. The van der Waals surface area contributed by atoms with E-state index in [0.717, 1.165) is 21.9 Å². The van der Waals surface area contributed by atoms with Crippen LogP contribution >= 0.6 is 11.8 Å². The summed E-state index contributed by atoms with van der Waals surface area (Å²) in [7, 11) is 0. The van der Waals surface area contributed by atoms with Crippen molar-refractivity contribution < 1.29 is 4.79 Å². The van der Waals surface area contributed by atoms with E-state index in [1.807, 2.05) is 54.6 Å². The van der Waals surface area contributed by atoms with Crippen molar-refractivity contribution in [3.8, 4) is 0 Å². The molecule has 1 atom stereocenters. The number of carbonyl (C=O) groups excluding carboxylic acids is 1. The minimum Gasteiger partial charge on any atom is -0.325 e. The van der Waals surface area contributed by atoms with Crippen LogP contribution in [0.25, 0.3) is 0 Å². The molecule has 0 saturated heterocycles. The number of rotatable bonds is 6. The number of amides is 1. The van der Waals surface area contributed by atoms with E-state index in [-0.39, 0.29) is 18.4 Å². The van der Waals surface area contributed by atoms with Gasteiger partial charge in [0.05, 0.1) is 5.69 Å². The Labute approximate surface area is 129 Å². The fraction of sp³-hybridized carbons (Fsp3) is 0.235. The van der Waals surface area contributed by atoms with E-state index in [4.69, 9.17) is 5.73 Å². The third kappa shape index (κ3) is 4.62. The molecule has 2 aromatic rings. The summed E-state index contributed by atoms with van der Waals surface area (Å²) >= 11 is 1.71. The van der Waals surface area contributed by atoms with Crippen LogP contribution in [0.2, 0.25) is 0 Å². The van der Waals surface area contributed by atoms with Crippen molar-refractivity contribution in [2.45, 2.75) is 24.3 Å². The normalized spacial score (nSPS) is 11.9. The Hall–Kier alpha value is -1.78. The highest BCUT2D eigenvalue weighted by Gasteiger charge is 2.12. The molecular weight excluding hydrogens is 280 g/mol. The fourth-order valence-corrected chi connectivity index (χ4v) is 2.83. The van der Waals surface area contributed by atoms with Crippen molar-refractivity contribution >= 4 is 23.4 Å². The van der Waals surface area contributed by atoms with Gasteiger partial charge >= 0.3 is 0 Å². The molecule has 2 aromatic carbocycles. The van der Waals surface area contributed by atoms with Crippen molar-refractivity contribution in [3.63, 3.8) is 0 Å². The summed E-state index contributed by atoms with van der Waals surface area (Å²) in [6.07, 6.45) is 0.273. The molecule has 0 aliphatic rings. The second-order valence-electron chi connectivity index (χ2n) is 4.70. The number of hydrogen-bond donors (Lipinski definition) is 2. The van der Waals surface area contributed by atoms with Crippen LogP contribution in [0, 0.1) is 0 Å². The third-order valence-corrected chi connectivity index (χ3v) is 4.05. The Morgan fingerprint density at radius 3 is 2.52 bits per heavy atom. The lowest BCUT2D eigenvalue weighted by atomic mass is 10.0. The van der Waals surface area contributed by atoms with Gasteiger partial charge in [-0.05, 0) is 23.4 Å². The van der Waals surface area contributed by atoms with Gasteiger partial charge in [-0.1, -0.05) is 49.4 Å². The molecular formula is C17H20N2OS. The van der Waals surface area contributed by atoms with Gasteiger partial charge in [0.15, 0.2) is 0 Å². The van der Waals surface area contributed by atoms with Gasteiger partial charge in [0, 0.05) is 17.4 Å². The van der Waals surface area contributed by atoms with Gasteiger partial charge in [-0.2, -0.15) is 0 Å². The summed E-state index contributed by atoms with van der Waals surface area (Å²) in [5.41, 5.74) is 7.91. The number of nitrogens with two attached hydrogens (primary N) is 1. The molecule has 0 radical (unpaired) electrons. The zero-order chi connectivity index (χ0) is 15.1. The van der Waals surface area contributed by atoms with E-state index < -0.39 is 0 Å². The summed E-state index contributed by atoms with van der Waals surface area (Å²) in [5.74, 6) is 0.909. The molecule has 0 fully saturated rings. The van der Waals surface area contributed by atoms with Gasteiger partial charge < -0.3 is 11.1 Å². The van der Waals surface area contributed by atoms with Crippen molar-refractivity contribution in [2.24, 2.45) is 5.73 Å². The predicted molar refractivity (Wildman–Crippen MR) is 89.5 cm³/mol. The molecule has 0 spiro atoms. The van der Waals surface area contributed by atoms with Gasteiger partial charge in [0.25, 0.3) is 0 Å². The van der Waals surface area contributed by atoms with Crippen LogP contribution in [-0.2, 0) is 4.79 Å². The lowest BCUT2D eigenvalue weighted by molar-refractivity contribution is -0.116. The van der Waals surface area contributed by atoms with E-state index in [0.29, 0.717) is 0 Å². The zero-order valence-corrected chi connectivity index (χ0v) is 12.9. The largest absolute Gasteiger partial charge is 0.325 e. The number of para-hydroxylation sites is 1. The smallest absolute Gasteiger partial charge is 0.226 e. The molecule has 1 unspecified atom stereocenters. The van der Waals surface area contributed by atoms with Crippen LogP contribution < -0.4 is 11.1 Å². The van der Waals surface area contributed by atoms with Crippen LogP contribution in [0.1, 0.15) is 24.9 Å². The van der Waals surface area contributed by atoms with Crippen LogP contribution in [-0.4, -0.2) is 11.7 Å². The van der Waals surface area contributed by atoms with Gasteiger partial charge in [-0.25, -0.2) is 0 Å². The second kappa shape index (κ2) is 7.86. The van der Waals surface area contributed by atoms with Crippen molar-refractivity contribution in [1.82, 2.24) is 0 Å². The van der Waals surface area contributed by atoms with Crippen molar-refractivity contribution in [3.05, 3.63) is 60.2 Å². The molecule has 0 aliphatic carbocycles. The molecule has 21 heavy (non-hydrogen) atoms. The van der Waals surface area contributed by atoms with Crippen LogP contribution in [0.15, 0.2) is 59.5 Å². The topological polar surface area (TPSA) is 55.1 Å². The number of carbonyl (C=O) groups is 1. The van der Waals surface area contributed by atoms with E-state index in [1.165, 1.54) is 0 Å². The predicted octanol–water partition coefficient (Wildman–Crippen LogP) is 3.83. The number of anilines is 1. The SMILES string of the molecule is CCSc1ccccc1NC(=O)CC(N)c1ccccc1. The number of benzene rings is 2. The third-order valence-electron chi connectivity index (χ3n) is 3.09. The zero-order valence-electron chi connectivity index (χ0n) is 12.1. The van der Waals surface area contributed by atoms with Crippen LogP contribution in [0.4, 0.5) is 5.69 Å². The van der Waals surface area contributed by atoms with Crippen LogP contribution in [0.5, 0.6) is 0 Å². The van der Waals surface area contributed by atoms with Crippen molar-refractivity contribution in [2.75, 3.05) is 11.1 Å². The Bertz CT molecular complexity index is 586. The van der Waals surface area contributed by atoms with Gasteiger partial charge in [-0.15, -0.1) is 11.8 Å². The Morgan fingerprint density at radius 2 is 1.81 bits per heavy atom. The Balaban J connectivity index is 1.99. The first-order valence-corrected chi connectivity index (χ1v) is 8.01. The first kappa shape index (κ1) is 15.6.